The largest absolute Gasteiger partial charge is 0.422 e. The Bertz CT molecular complexity index is 965. The fourth-order valence-electron chi connectivity index (χ4n) is 2.52. The summed E-state index contributed by atoms with van der Waals surface area (Å²) in [5.41, 5.74) is 1.61. The molecule has 96 valence electrons. The van der Waals surface area contributed by atoms with E-state index in [1.54, 1.807) is 0 Å². The number of nitrogens with zero attached hydrogens (tertiary/aromatic N) is 1. The lowest BCUT2D eigenvalue weighted by molar-refractivity contribution is 0.535. The van der Waals surface area contributed by atoms with Crippen LogP contribution in [0.25, 0.3) is 27.6 Å². The number of aromatic nitrogens is 1. The van der Waals surface area contributed by atoms with Crippen molar-refractivity contribution >= 4 is 16.3 Å². The van der Waals surface area contributed by atoms with E-state index >= 15 is 0 Å². The first-order valence-corrected chi connectivity index (χ1v) is 6.42. The molecule has 0 saturated carbocycles. The summed E-state index contributed by atoms with van der Waals surface area (Å²) in [4.78, 5) is 12.2. The van der Waals surface area contributed by atoms with Crippen molar-refractivity contribution in [1.82, 2.24) is 4.40 Å². The Morgan fingerprint density at radius 2 is 1.70 bits per heavy atom. The van der Waals surface area contributed by atoms with E-state index in [2.05, 4.69) is 0 Å². The number of pyridine rings is 1. The van der Waals surface area contributed by atoms with Gasteiger partial charge in [0.05, 0.1) is 10.9 Å². The van der Waals surface area contributed by atoms with Gasteiger partial charge < -0.3 is 8.82 Å². The maximum atomic E-state index is 12.2. The summed E-state index contributed by atoms with van der Waals surface area (Å²) in [6.45, 7) is 0. The molecule has 0 fully saturated rings. The molecule has 3 heterocycles. The van der Waals surface area contributed by atoms with Crippen LogP contribution in [-0.2, 0) is 0 Å². The minimum atomic E-state index is -0.301. The van der Waals surface area contributed by atoms with Gasteiger partial charge in [-0.2, -0.15) is 0 Å². The third kappa shape index (κ3) is 1.57. The fourth-order valence-corrected chi connectivity index (χ4v) is 2.52. The molecule has 3 nitrogen and oxygen atoms in total. The Kier molecular flexibility index (Phi) is 2.27. The topological polar surface area (TPSA) is 34.6 Å². The smallest absolute Gasteiger partial charge is 0.345 e. The van der Waals surface area contributed by atoms with Crippen molar-refractivity contribution in [3.8, 4) is 11.3 Å². The van der Waals surface area contributed by atoms with E-state index in [-0.39, 0.29) is 5.63 Å². The van der Waals surface area contributed by atoms with Crippen LogP contribution in [-0.4, -0.2) is 4.40 Å². The molecule has 0 amide bonds. The quantitative estimate of drug-likeness (QED) is 0.523. The molecular weight excluding hydrogens is 250 g/mol. The molecule has 0 bridgehead atoms. The third-order valence-electron chi connectivity index (χ3n) is 3.48. The first-order valence-electron chi connectivity index (χ1n) is 6.42. The molecule has 0 saturated heterocycles. The van der Waals surface area contributed by atoms with Crippen LogP contribution in [0, 0.1) is 0 Å². The summed E-state index contributed by atoms with van der Waals surface area (Å²) in [5.74, 6) is 0.597. The molecule has 0 aliphatic heterocycles. The number of fused-ring (bicyclic) bond motifs is 3. The maximum Gasteiger partial charge on any atom is 0.345 e. The molecule has 0 radical (unpaired) electrons. The number of hydrogen-bond donors (Lipinski definition) is 0. The molecule has 0 N–H and O–H groups in total. The number of hydrogen-bond acceptors (Lipinski definition) is 2. The average molecular weight is 261 g/mol. The summed E-state index contributed by atoms with van der Waals surface area (Å²) in [7, 11) is 0. The van der Waals surface area contributed by atoms with Crippen LogP contribution in [0.4, 0.5) is 0 Å². The van der Waals surface area contributed by atoms with Gasteiger partial charge in [-0.15, -0.1) is 0 Å². The van der Waals surface area contributed by atoms with Crippen LogP contribution in [0.2, 0.25) is 0 Å². The second-order valence-corrected chi connectivity index (χ2v) is 4.71. The molecule has 0 atom stereocenters. The maximum absolute atomic E-state index is 12.2. The SMILES string of the molecule is O=c1oc(-c2ccccc2)cc2c1cn1ccccc21. The Morgan fingerprint density at radius 1 is 0.900 bits per heavy atom. The molecular formula is C17H11NO2. The highest BCUT2D eigenvalue weighted by Crippen LogP contribution is 2.25. The first-order chi connectivity index (χ1) is 9.83. The second kappa shape index (κ2) is 4.10. The lowest BCUT2D eigenvalue weighted by Crippen LogP contribution is -1.98. The first kappa shape index (κ1) is 11.1. The Hall–Kier alpha value is -2.81. The van der Waals surface area contributed by atoms with Gasteiger partial charge in [0.15, 0.2) is 0 Å². The molecule has 1 aromatic carbocycles. The van der Waals surface area contributed by atoms with Crippen molar-refractivity contribution in [2.75, 3.05) is 0 Å². The standard InChI is InChI=1S/C17H11NO2/c19-17-14-11-18-9-5-4-8-15(18)13(14)10-16(20-17)12-6-2-1-3-7-12/h1-11H. The van der Waals surface area contributed by atoms with Gasteiger partial charge in [-0.05, 0) is 18.2 Å². The highest BCUT2D eigenvalue weighted by atomic mass is 16.4. The molecule has 0 unspecified atom stereocenters. The van der Waals surface area contributed by atoms with Crippen molar-refractivity contribution in [3.63, 3.8) is 0 Å². The van der Waals surface area contributed by atoms with Gasteiger partial charge in [-0.25, -0.2) is 4.79 Å². The lowest BCUT2D eigenvalue weighted by Gasteiger charge is -2.00. The monoisotopic (exact) mass is 261 g/mol. The van der Waals surface area contributed by atoms with Crippen molar-refractivity contribution in [3.05, 3.63) is 77.4 Å². The predicted molar refractivity (Wildman–Crippen MR) is 78.9 cm³/mol. The highest BCUT2D eigenvalue weighted by Gasteiger charge is 2.10. The summed E-state index contributed by atoms with van der Waals surface area (Å²) in [5, 5.41) is 1.52. The van der Waals surface area contributed by atoms with Gasteiger partial charge in [0.25, 0.3) is 0 Å². The van der Waals surface area contributed by atoms with E-state index in [1.807, 2.05) is 71.4 Å². The Morgan fingerprint density at radius 3 is 2.55 bits per heavy atom. The van der Waals surface area contributed by atoms with E-state index in [1.165, 1.54) is 0 Å². The average Bonchev–Trinajstić information content (AvgIpc) is 2.88. The van der Waals surface area contributed by atoms with E-state index in [0.29, 0.717) is 11.1 Å². The van der Waals surface area contributed by atoms with Gasteiger partial charge in [-0.3, -0.25) is 0 Å². The molecule has 4 aromatic rings. The van der Waals surface area contributed by atoms with Gasteiger partial charge in [0.2, 0.25) is 0 Å². The second-order valence-electron chi connectivity index (χ2n) is 4.71. The minimum Gasteiger partial charge on any atom is -0.422 e. The van der Waals surface area contributed by atoms with Crippen LogP contribution >= 0.6 is 0 Å². The minimum absolute atomic E-state index is 0.301. The summed E-state index contributed by atoms with van der Waals surface area (Å²) in [6, 6.07) is 17.5. The van der Waals surface area contributed by atoms with E-state index in [4.69, 9.17) is 4.42 Å². The van der Waals surface area contributed by atoms with Crippen LogP contribution < -0.4 is 5.63 Å². The van der Waals surface area contributed by atoms with E-state index in [9.17, 15) is 4.79 Å². The van der Waals surface area contributed by atoms with Crippen molar-refractivity contribution in [2.45, 2.75) is 0 Å². The van der Waals surface area contributed by atoms with Gasteiger partial charge in [-0.1, -0.05) is 36.4 Å². The third-order valence-corrected chi connectivity index (χ3v) is 3.48. The number of benzene rings is 1. The summed E-state index contributed by atoms with van der Waals surface area (Å²) >= 11 is 0. The highest BCUT2D eigenvalue weighted by molar-refractivity contribution is 5.98. The van der Waals surface area contributed by atoms with Crippen LogP contribution in [0.15, 0.2) is 76.2 Å². The molecule has 0 aliphatic rings. The molecule has 0 spiro atoms. The Labute approximate surface area is 114 Å². The Balaban J connectivity index is 2.11. The summed E-state index contributed by atoms with van der Waals surface area (Å²) < 4.78 is 7.38. The fraction of sp³-hybridized carbons (Fsp3) is 0. The molecule has 0 aliphatic carbocycles. The zero-order valence-corrected chi connectivity index (χ0v) is 10.6. The van der Waals surface area contributed by atoms with E-state index < -0.39 is 0 Å². The molecule has 3 heteroatoms. The van der Waals surface area contributed by atoms with Gasteiger partial charge in [0, 0.05) is 23.3 Å². The molecule has 4 rings (SSSR count). The van der Waals surface area contributed by atoms with Gasteiger partial charge >= 0.3 is 5.63 Å². The summed E-state index contributed by atoms with van der Waals surface area (Å²) in [6.07, 6.45) is 3.74. The van der Waals surface area contributed by atoms with Crippen LogP contribution in [0.1, 0.15) is 0 Å². The normalized spacial score (nSPS) is 11.2. The predicted octanol–water partition coefficient (Wildman–Crippen LogP) is 3.71. The van der Waals surface area contributed by atoms with Crippen LogP contribution in [0.5, 0.6) is 0 Å². The number of rotatable bonds is 1. The van der Waals surface area contributed by atoms with Gasteiger partial charge in [0.1, 0.15) is 5.76 Å². The lowest BCUT2D eigenvalue weighted by atomic mass is 10.1. The molecule has 20 heavy (non-hydrogen) atoms. The van der Waals surface area contributed by atoms with Crippen molar-refractivity contribution in [1.29, 1.82) is 0 Å². The zero-order valence-electron chi connectivity index (χ0n) is 10.6. The molecule has 3 aromatic heterocycles. The van der Waals surface area contributed by atoms with Crippen molar-refractivity contribution in [2.24, 2.45) is 0 Å². The van der Waals surface area contributed by atoms with E-state index in [0.717, 1.165) is 16.5 Å². The zero-order chi connectivity index (χ0) is 13.5. The van der Waals surface area contributed by atoms with Crippen molar-refractivity contribution < 1.29 is 4.42 Å². The van der Waals surface area contributed by atoms with Crippen LogP contribution in [0.3, 0.4) is 0 Å².